The zero-order valence-corrected chi connectivity index (χ0v) is 7.53. The highest BCUT2D eigenvalue weighted by molar-refractivity contribution is 8.09. The molecule has 4 heteroatoms. The molecule has 1 aliphatic rings. The smallest absolute Gasteiger partial charge is 0.219 e. The summed E-state index contributed by atoms with van der Waals surface area (Å²) >= 11 is 0. The third-order valence-corrected chi connectivity index (χ3v) is 3.08. The molecule has 0 bridgehead atoms. The molecule has 0 fully saturated rings. The minimum Gasteiger partial charge on any atom is -0.243 e. The Morgan fingerprint density at radius 2 is 1.77 bits per heavy atom. The van der Waals surface area contributed by atoms with Crippen LogP contribution in [0, 0.1) is 0 Å². The molecule has 0 N–H and O–H groups in total. The second kappa shape index (κ2) is 2.81. The first kappa shape index (κ1) is 8.19. The van der Waals surface area contributed by atoms with E-state index in [1.807, 2.05) is 6.07 Å². The number of benzene rings is 1. The van der Waals surface area contributed by atoms with Crippen LogP contribution in [0.5, 0.6) is 0 Å². The van der Waals surface area contributed by atoms with E-state index >= 15 is 0 Å². The highest BCUT2D eigenvalue weighted by atomic mass is 32.2. The van der Waals surface area contributed by atoms with E-state index in [1.165, 1.54) is 6.20 Å². The maximum atomic E-state index is 11.3. The SMILES string of the molecule is O=S1(=O)C=CN=C1c1ccccc1. The van der Waals surface area contributed by atoms with Gasteiger partial charge in [-0.15, -0.1) is 0 Å². The van der Waals surface area contributed by atoms with Crippen molar-refractivity contribution in [3.63, 3.8) is 0 Å². The van der Waals surface area contributed by atoms with Gasteiger partial charge in [0.2, 0.25) is 9.84 Å². The zero-order chi connectivity index (χ0) is 9.31. The summed E-state index contributed by atoms with van der Waals surface area (Å²) in [6.07, 6.45) is 1.30. The summed E-state index contributed by atoms with van der Waals surface area (Å²) in [6, 6.07) is 8.85. The normalized spacial score (nSPS) is 18.6. The van der Waals surface area contributed by atoms with Crippen molar-refractivity contribution in [2.75, 3.05) is 0 Å². The van der Waals surface area contributed by atoms with Crippen molar-refractivity contribution >= 4 is 14.9 Å². The van der Waals surface area contributed by atoms with Crippen LogP contribution < -0.4 is 0 Å². The lowest BCUT2D eigenvalue weighted by Gasteiger charge is -1.98. The number of sulfone groups is 1. The van der Waals surface area contributed by atoms with E-state index in [1.54, 1.807) is 24.3 Å². The van der Waals surface area contributed by atoms with E-state index < -0.39 is 9.84 Å². The molecule has 0 spiro atoms. The van der Waals surface area contributed by atoms with E-state index in [0.29, 0.717) is 5.56 Å². The quantitative estimate of drug-likeness (QED) is 0.675. The monoisotopic (exact) mass is 193 g/mol. The number of hydrogen-bond donors (Lipinski definition) is 0. The first-order valence-electron chi connectivity index (χ1n) is 3.75. The van der Waals surface area contributed by atoms with Crippen molar-refractivity contribution < 1.29 is 8.42 Å². The van der Waals surface area contributed by atoms with Gasteiger partial charge >= 0.3 is 0 Å². The van der Waals surface area contributed by atoms with Crippen molar-refractivity contribution in [2.45, 2.75) is 0 Å². The fraction of sp³-hybridized carbons (Fsp3) is 0. The van der Waals surface area contributed by atoms with Crippen LogP contribution in [0.2, 0.25) is 0 Å². The Hall–Kier alpha value is -1.42. The molecule has 1 aliphatic heterocycles. The Bertz CT molecular complexity index is 472. The summed E-state index contributed by atoms with van der Waals surface area (Å²) in [5.41, 5.74) is 0.632. The van der Waals surface area contributed by atoms with Gasteiger partial charge in [0.05, 0.1) is 5.41 Å². The molecule has 1 aromatic rings. The highest BCUT2D eigenvalue weighted by Crippen LogP contribution is 2.13. The topological polar surface area (TPSA) is 46.5 Å². The lowest BCUT2D eigenvalue weighted by Crippen LogP contribution is -2.09. The van der Waals surface area contributed by atoms with Crippen molar-refractivity contribution in [3.05, 3.63) is 47.5 Å². The first-order chi connectivity index (χ1) is 6.20. The Kier molecular flexibility index (Phi) is 1.77. The maximum absolute atomic E-state index is 11.3. The van der Waals surface area contributed by atoms with Crippen LogP contribution in [0.1, 0.15) is 5.56 Å². The third-order valence-electron chi connectivity index (χ3n) is 1.72. The zero-order valence-electron chi connectivity index (χ0n) is 6.71. The molecular weight excluding hydrogens is 186 g/mol. The predicted octanol–water partition coefficient (Wildman–Crippen LogP) is 1.33. The van der Waals surface area contributed by atoms with Gasteiger partial charge in [-0.2, -0.15) is 0 Å². The van der Waals surface area contributed by atoms with Gasteiger partial charge in [0.15, 0.2) is 5.04 Å². The molecule has 0 aliphatic carbocycles. The fourth-order valence-corrected chi connectivity index (χ4v) is 2.16. The lowest BCUT2D eigenvalue weighted by atomic mass is 10.2. The van der Waals surface area contributed by atoms with Crippen LogP contribution in [0.3, 0.4) is 0 Å². The third kappa shape index (κ3) is 1.40. The van der Waals surface area contributed by atoms with Gasteiger partial charge in [0.25, 0.3) is 0 Å². The van der Waals surface area contributed by atoms with Gasteiger partial charge in [0, 0.05) is 11.8 Å². The van der Waals surface area contributed by atoms with E-state index in [-0.39, 0.29) is 5.04 Å². The predicted molar refractivity (Wildman–Crippen MR) is 51.0 cm³/mol. The molecule has 0 radical (unpaired) electrons. The minimum absolute atomic E-state index is 0.133. The fourth-order valence-electron chi connectivity index (χ4n) is 1.14. The van der Waals surface area contributed by atoms with E-state index in [0.717, 1.165) is 5.41 Å². The molecule has 13 heavy (non-hydrogen) atoms. The minimum atomic E-state index is -3.27. The molecule has 1 heterocycles. The summed E-state index contributed by atoms with van der Waals surface area (Å²) < 4.78 is 22.7. The van der Waals surface area contributed by atoms with Gasteiger partial charge in [-0.05, 0) is 0 Å². The molecule has 0 atom stereocenters. The largest absolute Gasteiger partial charge is 0.243 e. The summed E-state index contributed by atoms with van der Waals surface area (Å²) in [6.45, 7) is 0. The number of nitrogens with zero attached hydrogens (tertiary/aromatic N) is 1. The van der Waals surface area contributed by atoms with Crippen LogP contribution in [-0.4, -0.2) is 13.5 Å². The molecule has 0 saturated carbocycles. The molecule has 3 nitrogen and oxygen atoms in total. The van der Waals surface area contributed by atoms with E-state index in [9.17, 15) is 8.42 Å². The van der Waals surface area contributed by atoms with E-state index in [2.05, 4.69) is 4.99 Å². The summed E-state index contributed by atoms with van der Waals surface area (Å²) in [7, 11) is -3.27. The van der Waals surface area contributed by atoms with Crippen molar-refractivity contribution in [1.82, 2.24) is 0 Å². The van der Waals surface area contributed by atoms with Crippen molar-refractivity contribution in [3.8, 4) is 0 Å². The van der Waals surface area contributed by atoms with Crippen LogP contribution in [-0.2, 0) is 9.84 Å². The van der Waals surface area contributed by atoms with Gasteiger partial charge in [-0.1, -0.05) is 30.3 Å². The Labute approximate surface area is 76.4 Å². The Morgan fingerprint density at radius 1 is 1.08 bits per heavy atom. The molecule has 2 rings (SSSR count). The molecule has 0 saturated heterocycles. The van der Waals surface area contributed by atoms with Crippen LogP contribution in [0.25, 0.3) is 0 Å². The van der Waals surface area contributed by atoms with Gasteiger partial charge in [0.1, 0.15) is 0 Å². The van der Waals surface area contributed by atoms with Crippen LogP contribution in [0.15, 0.2) is 46.9 Å². The number of rotatable bonds is 1. The van der Waals surface area contributed by atoms with Crippen LogP contribution >= 0.6 is 0 Å². The Morgan fingerprint density at radius 3 is 2.31 bits per heavy atom. The average molecular weight is 193 g/mol. The summed E-state index contributed by atoms with van der Waals surface area (Å²) in [5.74, 6) is 0. The first-order valence-corrected chi connectivity index (χ1v) is 5.30. The van der Waals surface area contributed by atoms with Crippen molar-refractivity contribution in [2.24, 2.45) is 4.99 Å². The second-order valence-electron chi connectivity index (χ2n) is 2.63. The average Bonchev–Trinajstić information content (AvgIpc) is 2.47. The second-order valence-corrected chi connectivity index (χ2v) is 4.38. The highest BCUT2D eigenvalue weighted by Gasteiger charge is 2.21. The standard InChI is InChI=1S/C9H7NO2S/c11-13(12)7-6-10-9(13)8-4-2-1-3-5-8/h1-7H. The van der Waals surface area contributed by atoms with E-state index in [4.69, 9.17) is 0 Å². The molecule has 66 valence electrons. The summed E-state index contributed by atoms with van der Waals surface area (Å²) in [5, 5.41) is 1.24. The van der Waals surface area contributed by atoms with Gasteiger partial charge in [-0.25, -0.2) is 13.4 Å². The number of aliphatic imine (C=N–C) groups is 1. The molecule has 0 amide bonds. The van der Waals surface area contributed by atoms with Gasteiger partial charge < -0.3 is 0 Å². The Balaban J connectivity index is 2.53. The van der Waals surface area contributed by atoms with Crippen molar-refractivity contribution in [1.29, 1.82) is 0 Å². The molecule has 0 aromatic heterocycles. The van der Waals surface area contributed by atoms with Crippen LogP contribution in [0.4, 0.5) is 0 Å². The van der Waals surface area contributed by atoms with Gasteiger partial charge in [-0.3, -0.25) is 0 Å². The molecule has 1 aromatic carbocycles. The summed E-state index contributed by atoms with van der Waals surface area (Å²) in [4.78, 5) is 3.81. The molecule has 0 unspecified atom stereocenters. The maximum Gasteiger partial charge on any atom is 0.219 e. The number of hydrogen-bond acceptors (Lipinski definition) is 3. The lowest BCUT2D eigenvalue weighted by molar-refractivity contribution is 0.615. The molecular formula is C9H7NO2S.